The molecule has 0 spiro atoms. The van der Waals surface area contributed by atoms with Crippen molar-refractivity contribution < 1.29 is 4.79 Å². The van der Waals surface area contributed by atoms with Crippen LogP contribution in [0.4, 0.5) is 5.95 Å². The Morgan fingerprint density at radius 3 is 2.87 bits per heavy atom. The second-order valence-corrected chi connectivity index (χ2v) is 6.55. The largest absolute Gasteiger partial charge is 0.289 e. The van der Waals surface area contributed by atoms with Gasteiger partial charge in [-0.25, -0.2) is 0 Å². The number of anilines is 1. The summed E-state index contributed by atoms with van der Waals surface area (Å²) in [7, 11) is 0. The van der Waals surface area contributed by atoms with E-state index in [0.29, 0.717) is 11.8 Å². The van der Waals surface area contributed by atoms with Gasteiger partial charge in [-0.2, -0.15) is 4.98 Å². The predicted molar refractivity (Wildman–Crippen MR) is 90.7 cm³/mol. The average molecular weight is 324 g/mol. The normalized spacial score (nSPS) is 13.6. The molecule has 0 atom stereocenters. The highest BCUT2D eigenvalue weighted by Crippen LogP contribution is 2.30. The van der Waals surface area contributed by atoms with Gasteiger partial charge in [0.1, 0.15) is 0 Å². The Morgan fingerprint density at radius 1 is 1.17 bits per heavy atom. The summed E-state index contributed by atoms with van der Waals surface area (Å²) < 4.78 is 0. The molecule has 1 amide bonds. The van der Waals surface area contributed by atoms with Crippen LogP contribution in [0.25, 0.3) is 11.4 Å². The third kappa shape index (κ3) is 2.77. The number of H-pyrrole nitrogens is 1. The smallest absolute Gasteiger partial charge is 0.259 e. The van der Waals surface area contributed by atoms with Crippen molar-refractivity contribution >= 4 is 23.2 Å². The maximum Gasteiger partial charge on any atom is 0.259 e. The Balaban J connectivity index is 1.53. The molecule has 0 saturated carbocycles. The van der Waals surface area contributed by atoms with Gasteiger partial charge in [-0.15, -0.1) is 16.4 Å². The van der Waals surface area contributed by atoms with Crippen molar-refractivity contribution in [3.05, 3.63) is 51.7 Å². The van der Waals surface area contributed by atoms with Gasteiger partial charge in [0.05, 0.1) is 5.56 Å². The van der Waals surface area contributed by atoms with E-state index in [9.17, 15) is 4.79 Å². The van der Waals surface area contributed by atoms with Gasteiger partial charge >= 0.3 is 0 Å². The van der Waals surface area contributed by atoms with Crippen molar-refractivity contribution in [1.82, 2.24) is 15.2 Å². The molecule has 6 heteroatoms. The average Bonchev–Trinajstić information content (AvgIpc) is 3.22. The number of aromatic amines is 1. The number of carbonyl (C=O) groups is 1. The minimum atomic E-state index is -0.122. The fourth-order valence-corrected chi connectivity index (χ4v) is 4.02. The van der Waals surface area contributed by atoms with Crippen molar-refractivity contribution in [3.63, 3.8) is 0 Å². The van der Waals surface area contributed by atoms with E-state index in [-0.39, 0.29) is 5.91 Å². The summed E-state index contributed by atoms with van der Waals surface area (Å²) in [6.45, 7) is 0. The molecule has 0 bridgehead atoms. The van der Waals surface area contributed by atoms with E-state index in [1.54, 1.807) is 11.3 Å². The minimum Gasteiger partial charge on any atom is -0.289 e. The molecule has 0 aliphatic heterocycles. The van der Waals surface area contributed by atoms with Crippen molar-refractivity contribution in [3.8, 4) is 11.4 Å². The summed E-state index contributed by atoms with van der Waals surface area (Å²) in [6, 6.07) is 9.71. The lowest BCUT2D eigenvalue weighted by atomic mass is 9.96. The monoisotopic (exact) mass is 324 g/mol. The molecule has 0 saturated heterocycles. The fraction of sp³-hybridized carbons (Fsp3) is 0.235. The topological polar surface area (TPSA) is 70.7 Å². The van der Waals surface area contributed by atoms with Gasteiger partial charge in [0.15, 0.2) is 5.82 Å². The number of rotatable bonds is 3. The highest BCUT2D eigenvalue weighted by molar-refractivity contribution is 7.10. The highest BCUT2D eigenvalue weighted by atomic mass is 32.1. The van der Waals surface area contributed by atoms with E-state index in [1.165, 1.54) is 16.9 Å². The number of fused-ring (bicyclic) bond motifs is 1. The predicted octanol–water partition coefficient (Wildman–Crippen LogP) is 3.66. The van der Waals surface area contributed by atoms with Crippen LogP contribution in [0, 0.1) is 0 Å². The summed E-state index contributed by atoms with van der Waals surface area (Å²) in [5.74, 6) is 0.834. The molecular weight excluding hydrogens is 308 g/mol. The summed E-state index contributed by atoms with van der Waals surface area (Å²) in [5.41, 5.74) is 2.92. The first-order valence-corrected chi connectivity index (χ1v) is 8.57. The molecule has 3 aromatic rings. The molecule has 4 rings (SSSR count). The second-order valence-electron chi connectivity index (χ2n) is 5.59. The second kappa shape index (κ2) is 5.96. The van der Waals surface area contributed by atoms with Crippen LogP contribution in [0.15, 0.2) is 35.7 Å². The molecule has 5 nitrogen and oxygen atoms in total. The standard InChI is InChI=1S/C17H16N4OS/c22-16(13-10-23-14-9-5-4-8-12(13)14)19-17-18-15(20-21-17)11-6-2-1-3-7-11/h1-3,6-7,10H,4-5,8-9H2,(H2,18,19,20,21,22). The number of aromatic nitrogens is 3. The number of hydrogen-bond acceptors (Lipinski definition) is 4. The third-order valence-electron chi connectivity index (χ3n) is 4.06. The number of aryl methyl sites for hydroxylation is 1. The van der Waals surface area contributed by atoms with Gasteiger partial charge in [0.2, 0.25) is 5.95 Å². The molecule has 2 aromatic heterocycles. The van der Waals surface area contributed by atoms with Crippen LogP contribution in [0.1, 0.15) is 33.6 Å². The number of thiophene rings is 1. The van der Waals surface area contributed by atoms with E-state index in [2.05, 4.69) is 20.5 Å². The number of benzene rings is 1. The zero-order valence-electron chi connectivity index (χ0n) is 12.5. The molecule has 2 heterocycles. The van der Waals surface area contributed by atoms with Crippen molar-refractivity contribution in [2.75, 3.05) is 5.32 Å². The summed E-state index contributed by atoms with van der Waals surface area (Å²) in [6.07, 6.45) is 4.45. The van der Waals surface area contributed by atoms with Crippen molar-refractivity contribution in [1.29, 1.82) is 0 Å². The number of nitrogens with zero attached hydrogens (tertiary/aromatic N) is 2. The van der Waals surface area contributed by atoms with Crippen LogP contribution in [0.3, 0.4) is 0 Å². The van der Waals surface area contributed by atoms with Crippen LogP contribution in [0.2, 0.25) is 0 Å². The first-order chi connectivity index (χ1) is 11.3. The molecule has 1 aliphatic carbocycles. The zero-order chi connectivity index (χ0) is 15.6. The van der Waals surface area contributed by atoms with Crippen LogP contribution in [-0.2, 0) is 12.8 Å². The third-order valence-corrected chi connectivity index (χ3v) is 5.15. The molecule has 2 N–H and O–H groups in total. The number of nitrogens with one attached hydrogen (secondary N) is 2. The summed E-state index contributed by atoms with van der Waals surface area (Å²) in [5, 5.41) is 11.7. The van der Waals surface area contributed by atoms with Crippen LogP contribution in [-0.4, -0.2) is 21.1 Å². The van der Waals surface area contributed by atoms with E-state index >= 15 is 0 Å². The lowest BCUT2D eigenvalue weighted by Gasteiger charge is -2.12. The van der Waals surface area contributed by atoms with Crippen LogP contribution < -0.4 is 5.32 Å². The number of carbonyl (C=O) groups excluding carboxylic acids is 1. The lowest BCUT2D eigenvalue weighted by Crippen LogP contribution is -2.15. The molecule has 116 valence electrons. The first kappa shape index (κ1) is 14.1. The van der Waals surface area contributed by atoms with Crippen LogP contribution in [0.5, 0.6) is 0 Å². The van der Waals surface area contributed by atoms with Gasteiger partial charge in [0, 0.05) is 15.8 Å². The van der Waals surface area contributed by atoms with E-state index in [4.69, 9.17) is 0 Å². The Morgan fingerprint density at radius 2 is 2.00 bits per heavy atom. The molecule has 0 unspecified atom stereocenters. The van der Waals surface area contributed by atoms with Gasteiger partial charge in [-0.05, 0) is 31.2 Å². The van der Waals surface area contributed by atoms with E-state index in [0.717, 1.165) is 30.4 Å². The summed E-state index contributed by atoms with van der Waals surface area (Å²) in [4.78, 5) is 18.2. The van der Waals surface area contributed by atoms with Gasteiger partial charge in [-0.3, -0.25) is 15.2 Å². The van der Waals surface area contributed by atoms with Gasteiger partial charge < -0.3 is 0 Å². The molecule has 1 aromatic carbocycles. The van der Waals surface area contributed by atoms with E-state index in [1.807, 2.05) is 35.7 Å². The molecule has 1 aliphatic rings. The van der Waals surface area contributed by atoms with Crippen molar-refractivity contribution in [2.45, 2.75) is 25.7 Å². The minimum absolute atomic E-state index is 0.122. The van der Waals surface area contributed by atoms with Gasteiger partial charge in [-0.1, -0.05) is 30.3 Å². The van der Waals surface area contributed by atoms with Crippen LogP contribution >= 0.6 is 11.3 Å². The van der Waals surface area contributed by atoms with Gasteiger partial charge in [0.25, 0.3) is 5.91 Å². The summed E-state index contributed by atoms with van der Waals surface area (Å²) >= 11 is 1.68. The molecular formula is C17H16N4OS. The van der Waals surface area contributed by atoms with E-state index < -0.39 is 0 Å². The first-order valence-electron chi connectivity index (χ1n) is 7.69. The number of amides is 1. The fourth-order valence-electron chi connectivity index (χ4n) is 2.90. The van der Waals surface area contributed by atoms with Crippen molar-refractivity contribution in [2.24, 2.45) is 0 Å². The molecule has 0 radical (unpaired) electrons. The Bertz CT molecular complexity index is 837. The maximum absolute atomic E-state index is 12.5. The Kier molecular flexibility index (Phi) is 3.67. The Labute approximate surface area is 137 Å². The SMILES string of the molecule is O=C(Nc1n[nH]c(-c2ccccc2)n1)c1csc2c1CCCC2. The zero-order valence-corrected chi connectivity index (χ0v) is 13.3. The maximum atomic E-state index is 12.5. The quantitative estimate of drug-likeness (QED) is 0.772. The highest BCUT2D eigenvalue weighted by Gasteiger charge is 2.21. The number of hydrogen-bond donors (Lipinski definition) is 2. The lowest BCUT2D eigenvalue weighted by molar-refractivity contribution is 0.102. The Hall–Kier alpha value is -2.47. The molecule has 23 heavy (non-hydrogen) atoms. The molecule has 0 fully saturated rings.